The molecule has 0 amide bonds. The number of aromatic nitrogens is 3. The first kappa shape index (κ1) is 19.1. The lowest BCUT2D eigenvalue weighted by Crippen LogP contribution is -2.24. The molecule has 1 aliphatic heterocycles. The van der Waals surface area contributed by atoms with Crippen LogP contribution in [0, 0.1) is 5.82 Å². The molecule has 8 nitrogen and oxygen atoms in total. The van der Waals surface area contributed by atoms with Gasteiger partial charge in [-0.15, -0.1) is 11.3 Å². The van der Waals surface area contributed by atoms with Crippen LogP contribution in [0.2, 0.25) is 0 Å². The van der Waals surface area contributed by atoms with E-state index in [9.17, 15) is 19.1 Å². The summed E-state index contributed by atoms with van der Waals surface area (Å²) in [4.78, 5) is 35.0. The summed E-state index contributed by atoms with van der Waals surface area (Å²) in [6, 6.07) is 1.22. The topological polar surface area (TPSA) is 114 Å². The highest BCUT2D eigenvalue weighted by Crippen LogP contribution is 2.38. The Bertz CT molecular complexity index is 1220. The fourth-order valence-electron chi connectivity index (χ4n) is 4.04. The van der Waals surface area contributed by atoms with Crippen molar-refractivity contribution in [2.45, 2.75) is 37.8 Å². The number of pyridine rings is 2. The van der Waals surface area contributed by atoms with Crippen LogP contribution in [-0.2, 0) is 6.54 Å². The van der Waals surface area contributed by atoms with Crippen molar-refractivity contribution in [3.63, 3.8) is 0 Å². The standard InChI is InChI=1S/C20H20FN5O3S/c21-14-5-12-17(27)13(20(28)29)8-26(11-1-2-11)18(12)24-19(14)25-4-3-10(7-25)15-9-30-16(6-22)23-15/h5,8-11H,1-4,6-7,22H2,(H,28,29). The Morgan fingerprint density at radius 1 is 1.33 bits per heavy atom. The van der Waals surface area contributed by atoms with E-state index in [-0.39, 0.29) is 28.7 Å². The minimum atomic E-state index is -1.32. The van der Waals surface area contributed by atoms with Crippen LogP contribution in [0.4, 0.5) is 10.2 Å². The summed E-state index contributed by atoms with van der Waals surface area (Å²) in [6.07, 6.45) is 3.92. The molecule has 2 aliphatic rings. The van der Waals surface area contributed by atoms with E-state index in [1.165, 1.54) is 17.5 Å². The number of halogens is 1. The number of hydrogen-bond acceptors (Lipinski definition) is 7. The molecule has 1 atom stereocenters. The lowest BCUT2D eigenvalue weighted by atomic mass is 10.1. The van der Waals surface area contributed by atoms with Crippen LogP contribution in [-0.4, -0.2) is 38.7 Å². The maximum Gasteiger partial charge on any atom is 0.341 e. The average Bonchev–Trinajstić information content (AvgIpc) is 3.25. The van der Waals surface area contributed by atoms with Crippen LogP contribution in [0.5, 0.6) is 0 Å². The summed E-state index contributed by atoms with van der Waals surface area (Å²) >= 11 is 1.53. The van der Waals surface area contributed by atoms with Gasteiger partial charge in [-0.3, -0.25) is 4.79 Å². The van der Waals surface area contributed by atoms with Crippen molar-refractivity contribution < 1.29 is 14.3 Å². The fraction of sp³-hybridized carbons (Fsp3) is 0.400. The molecule has 0 bridgehead atoms. The molecule has 1 unspecified atom stereocenters. The SMILES string of the molecule is NCc1nc(C2CCN(c3nc4c(cc3F)c(=O)c(C(=O)O)cn4C3CC3)C2)cs1. The maximum absolute atomic E-state index is 15.0. The molecular weight excluding hydrogens is 409 g/mol. The highest BCUT2D eigenvalue weighted by molar-refractivity contribution is 7.09. The first-order valence-electron chi connectivity index (χ1n) is 9.84. The van der Waals surface area contributed by atoms with Gasteiger partial charge in [-0.25, -0.2) is 19.2 Å². The van der Waals surface area contributed by atoms with Gasteiger partial charge in [0.15, 0.2) is 11.6 Å². The maximum atomic E-state index is 15.0. The van der Waals surface area contributed by atoms with Gasteiger partial charge < -0.3 is 20.3 Å². The number of carboxylic acid groups (broad SMARTS) is 1. The minimum absolute atomic E-state index is 0.00545. The third-order valence-electron chi connectivity index (χ3n) is 5.76. The Balaban J connectivity index is 1.55. The number of thiazole rings is 1. The van der Waals surface area contributed by atoms with Crippen LogP contribution in [0.1, 0.15) is 52.3 Å². The van der Waals surface area contributed by atoms with Gasteiger partial charge in [0.05, 0.1) is 11.1 Å². The molecule has 1 saturated heterocycles. The van der Waals surface area contributed by atoms with E-state index < -0.39 is 17.2 Å². The molecule has 3 aromatic heterocycles. The third-order valence-corrected chi connectivity index (χ3v) is 6.65. The first-order chi connectivity index (χ1) is 14.5. The van der Waals surface area contributed by atoms with Gasteiger partial charge in [-0.1, -0.05) is 0 Å². The summed E-state index contributed by atoms with van der Waals surface area (Å²) < 4.78 is 16.7. The smallest absolute Gasteiger partial charge is 0.341 e. The van der Waals surface area contributed by atoms with Crippen molar-refractivity contribution >= 4 is 34.2 Å². The normalized spacial score (nSPS) is 19.0. The minimum Gasteiger partial charge on any atom is -0.477 e. The van der Waals surface area contributed by atoms with Crippen molar-refractivity contribution in [1.82, 2.24) is 14.5 Å². The Labute approximate surface area is 174 Å². The molecule has 156 valence electrons. The number of anilines is 1. The van der Waals surface area contributed by atoms with E-state index >= 15 is 0 Å². The van der Waals surface area contributed by atoms with E-state index in [4.69, 9.17) is 5.73 Å². The van der Waals surface area contributed by atoms with Gasteiger partial charge in [0.25, 0.3) is 0 Å². The second-order valence-electron chi connectivity index (χ2n) is 7.78. The van der Waals surface area contributed by atoms with Crippen molar-refractivity contribution in [2.75, 3.05) is 18.0 Å². The van der Waals surface area contributed by atoms with Gasteiger partial charge in [-0.05, 0) is 25.3 Å². The largest absolute Gasteiger partial charge is 0.477 e. The molecule has 3 N–H and O–H groups in total. The number of carboxylic acids is 1. The zero-order valence-electron chi connectivity index (χ0n) is 16.0. The second kappa shape index (κ2) is 7.13. The van der Waals surface area contributed by atoms with Crippen molar-refractivity contribution in [3.8, 4) is 0 Å². The molecule has 4 heterocycles. The van der Waals surface area contributed by atoms with E-state index in [0.29, 0.717) is 25.3 Å². The number of fused-ring (bicyclic) bond motifs is 1. The van der Waals surface area contributed by atoms with E-state index in [2.05, 4.69) is 9.97 Å². The van der Waals surface area contributed by atoms with E-state index in [1.807, 2.05) is 10.3 Å². The van der Waals surface area contributed by atoms with Crippen LogP contribution >= 0.6 is 11.3 Å². The number of hydrogen-bond donors (Lipinski definition) is 2. The first-order valence-corrected chi connectivity index (χ1v) is 10.7. The van der Waals surface area contributed by atoms with Crippen molar-refractivity contribution in [2.24, 2.45) is 5.73 Å². The van der Waals surface area contributed by atoms with Crippen molar-refractivity contribution in [3.05, 3.63) is 49.9 Å². The lowest BCUT2D eigenvalue weighted by molar-refractivity contribution is 0.0695. The zero-order chi connectivity index (χ0) is 21.0. The monoisotopic (exact) mass is 429 g/mol. The molecule has 3 aromatic rings. The number of aromatic carboxylic acids is 1. The second-order valence-corrected chi connectivity index (χ2v) is 8.72. The van der Waals surface area contributed by atoms with Gasteiger partial charge in [0.2, 0.25) is 5.43 Å². The van der Waals surface area contributed by atoms with E-state index in [0.717, 1.165) is 36.0 Å². The molecule has 1 saturated carbocycles. The van der Waals surface area contributed by atoms with Crippen LogP contribution in [0.3, 0.4) is 0 Å². The molecule has 0 radical (unpaired) electrons. The Morgan fingerprint density at radius 3 is 2.80 bits per heavy atom. The molecule has 0 spiro atoms. The lowest BCUT2D eigenvalue weighted by Gasteiger charge is -2.20. The number of rotatable bonds is 5. The Kier molecular flexibility index (Phi) is 4.55. The molecule has 10 heteroatoms. The van der Waals surface area contributed by atoms with Gasteiger partial charge >= 0.3 is 5.97 Å². The van der Waals surface area contributed by atoms with Crippen LogP contribution in [0.15, 0.2) is 22.4 Å². The predicted molar refractivity (Wildman–Crippen MR) is 111 cm³/mol. The highest BCUT2D eigenvalue weighted by Gasteiger charge is 2.31. The van der Waals surface area contributed by atoms with Gasteiger partial charge in [0.1, 0.15) is 16.2 Å². The van der Waals surface area contributed by atoms with Gasteiger partial charge in [0, 0.05) is 43.2 Å². The molecule has 5 rings (SSSR count). The quantitative estimate of drug-likeness (QED) is 0.640. The number of nitrogens with zero attached hydrogens (tertiary/aromatic N) is 4. The average molecular weight is 429 g/mol. The van der Waals surface area contributed by atoms with Crippen LogP contribution < -0.4 is 16.1 Å². The molecule has 2 fully saturated rings. The fourth-order valence-corrected chi connectivity index (χ4v) is 4.80. The molecule has 30 heavy (non-hydrogen) atoms. The zero-order valence-corrected chi connectivity index (χ0v) is 16.9. The Morgan fingerprint density at radius 2 is 2.13 bits per heavy atom. The van der Waals surface area contributed by atoms with E-state index in [1.54, 1.807) is 4.57 Å². The molecule has 1 aliphatic carbocycles. The van der Waals surface area contributed by atoms with Crippen molar-refractivity contribution in [1.29, 1.82) is 0 Å². The van der Waals surface area contributed by atoms with Gasteiger partial charge in [-0.2, -0.15) is 0 Å². The molecular formula is C20H20FN5O3S. The summed E-state index contributed by atoms with van der Waals surface area (Å²) in [5.74, 6) is -1.58. The summed E-state index contributed by atoms with van der Waals surface area (Å²) in [7, 11) is 0. The summed E-state index contributed by atoms with van der Waals surface area (Å²) in [5.41, 5.74) is 5.89. The Hall–Kier alpha value is -2.85. The number of carbonyl (C=O) groups is 1. The van der Waals surface area contributed by atoms with Crippen LogP contribution in [0.25, 0.3) is 11.0 Å². The third kappa shape index (κ3) is 3.16. The molecule has 0 aromatic carbocycles. The summed E-state index contributed by atoms with van der Waals surface area (Å²) in [5, 5.41) is 12.2. The summed E-state index contributed by atoms with van der Waals surface area (Å²) in [6.45, 7) is 1.60. The highest BCUT2D eigenvalue weighted by atomic mass is 32.1. The predicted octanol–water partition coefficient (Wildman–Crippen LogP) is 2.48. The number of nitrogens with two attached hydrogens (primary N) is 1.